The van der Waals surface area contributed by atoms with Crippen LogP contribution < -0.4 is 14.2 Å². The average molecular weight is 513 g/mol. The van der Waals surface area contributed by atoms with Crippen LogP contribution in [0, 0.1) is 18.3 Å². The van der Waals surface area contributed by atoms with Crippen molar-refractivity contribution in [2.45, 2.75) is 18.7 Å². The van der Waals surface area contributed by atoms with Crippen LogP contribution in [-0.2, 0) is 14.9 Å². The zero-order valence-electron chi connectivity index (χ0n) is 20.3. The third-order valence-electron chi connectivity index (χ3n) is 5.46. The first-order valence-electron chi connectivity index (χ1n) is 11.5. The SMILES string of the molecule is CCOc1cc(/C=C(\C#N)C(=O)Nc2ccc3ccccc3c2)ccc1OS(=O)(=O)c1ccc(C)cc1. The van der Waals surface area contributed by atoms with E-state index in [2.05, 4.69) is 5.32 Å². The number of nitriles is 1. The maximum Gasteiger partial charge on any atom is 0.339 e. The van der Waals surface area contributed by atoms with Crippen molar-refractivity contribution in [2.75, 3.05) is 11.9 Å². The number of hydrogen-bond donors (Lipinski definition) is 1. The van der Waals surface area contributed by atoms with E-state index in [9.17, 15) is 18.5 Å². The van der Waals surface area contributed by atoms with Crippen LogP contribution in [0.5, 0.6) is 11.5 Å². The standard InChI is InChI=1S/C29H24N2O5S/c1-3-35-28-17-21(10-15-27(28)36-37(33,34)26-13-8-20(2)9-14-26)16-24(19-30)29(32)31-25-12-11-22-6-4-5-7-23(22)18-25/h4-18H,3H2,1-2H3,(H,31,32)/b24-16+. The molecule has 8 heteroatoms. The van der Waals surface area contributed by atoms with Crippen LogP contribution in [0.3, 0.4) is 0 Å². The molecule has 0 saturated carbocycles. The molecule has 4 aromatic rings. The van der Waals surface area contributed by atoms with Gasteiger partial charge >= 0.3 is 10.1 Å². The maximum absolute atomic E-state index is 12.8. The smallest absolute Gasteiger partial charge is 0.339 e. The minimum Gasteiger partial charge on any atom is -0.490 e. The van der Waals surface area contributed by atoms with Gasteiger partial charge in [-0.25, -0.2) is 0 Å². The largest absolute Gasteiger partial charge is 0.490 e. The minimum atomic E-state index is -4.09. The molecule has 0 spiro atoms. The fourth-order valence-corrected chi connectivity index (χ4v) is 4.54. The van der Waals surface area contributed by atoms with Crippen LogP contribution in [0.25, 0.3) is 16.8 Å². The van der Waals surface area contributed by atoms with E-state index < -0.39 is 16.0 Å². The van der Waals surface area contributed by atoms with Crippen molar-refractivity contribution >= 4 is 38.6 Å². The Labute approximate surface area is 215 Å². The number of fused-ring (bicyclic) bond motifs is 1. The second-order valence-corrected chi connectivity index (χ2v) is 9.72. The van der Waals surface area contributed by atoms with Gasteiger partial charge in [0.05, 0.1) is 6.61 Å². The average Bonchev–Trinajstić information content (AvgIpc) is 2.89. The quantitative estimate of drug-likeness (QED) is 0.180. The number of ether oxygens (including phenoxy) is 1. The van der Waals surface area contributed by atoms with E-state index in [1.165, 1.54) is 30.3 Å². The molecule has 0 aromatic heterocycles. The van der Waals surface area contributed by atoms with Crippen molar-refractivity contribution < 1.29 is 22.1 Å². The number of carbonyl (C=O) groups excluding carboxylic acids is 1. The Bertz CT molecular complexity index is 1640. The van der Waals surface area contributed by atoms with E-state index in [0.717, 1.165) is 16.3 Å². The summed E-state index contributed by atoms with van der Waals surface area (Å²) in [6, 6.07) is 25.9. The van der Waals surface area contributed by atoms with Crippen molar-refractivity contribution in [3.8, 4) is 17.6 Å². The summed E-state index contributed by atoms with van der Waals surface area (Å²) in [7, 11) is -4.09. The van der Waals surface area contributed by atoms with E-state index in [1.807, 2.05) is 49.4 Å². The lowest BCUT2D eigenvalue weighted by Crippen LogP contribution is -2.13. The molecular weight excluding hydrogens is 488 g/mol. The van der Waals surface area contributed by atoms with Gasteiger partial charge in [0.15, 0.2) is 11.5 Å². The second kappa shape index (κ2) is 11.0. The summed E-state index contributed by atoms with van der Waals surface area (Å²) in [6.45, 7) is 3.86. The number of hydrogen-bond acceptors (Lipinski definition) is 6. The molecule has 37 heavy (non-hydrogen) atoms. The Kier molecular flexibility index (Phi) is 7.56. The predicted octanol–water partition coefficient (Wildman–Crippen LogP) is 5.86. The van der Waals surface area contributed by atoms with E-state index in [-0.39, 0.29) is 28.6 Å². The van der Waals surface area contributed by atoms with Crippen molar-refractivity contribution in [3.05, 3.63) is 102 Å². The van der Waals surface area contributed by atoms with Crippen molar-refractivity contribution in [1.29, 1.82) is 5.26 Å². The molecule has 1 amide bonds. The molecule has 0 fully saturated rings. The lowest BCUT2D eigenvalue weighted by atomic mass is 10.1. The van der Waals surface area contributed by atoms with Gasteiger partial charge in [0.2, 0.25) is 0 Å². The number of benzene rings is 4. The normalized spacial score (nSPS) is 11.5. The number of carbonyl (C=O) groups is 1. The Balaban J connectivity index is 1.58. The molecule has 4 aromatic carbocycles. The van der Waals surface area contributed by atoms with Crippen LogP contribution in [0.4, 0.5) is 5.69 Å². The van der Waals surface area contributed by atoms with E-state index >= 15 is 0 Å². The molecule has 0 radical (unpaired) electrons. The summed E-state index contributed by atoms with van der Waals surface area (Å²) < 4.78 is 36.4. The summed E-state index contributed by atoms with van der Waals surface area (Å²) in [5.41, 5.74) is 1.82. The molecule has 0 unspecified atom stereocenters. The molecule has 0 heterocycles. The highest BCUT2D eigenvalue weighted by Crippen LogP contribution is 2.32. The number of anilines is 1. The summed E-state index contributed by atoms with van der Waals surface area (Å²) in [5, 5.41) is 14.4. The van der Waals surface area contributed by atoms with Crippen LogP contribution in [0.2, 0.25) is 0 Å². The van der Waals surface area contributed by atoms with Crippen molar-refractivity contribution in [1.82, 2.24) is 0 Å². The van der Waals surface area contributed by atoms with E-state index in [4.69, 9.17) is 8.92 Å². The highest BCUT2D eigenvalue weighted by Gasteiger charge is 2.20. The topological polar surface area (TPSA) is 105 Å². The third kappa shape index (κ3) is 6.15. The first kappa shape index (κ1) is 25.5. The predicted molar refractivity (Wildman–Crippen MR) is 143 cm³/mol. The third-order valence-corrected chi connectivity index (χ3v) is 6.71. The fraction of sp³-hybridized carbons (Fsp3) is 0.103. The zero-order valence-corrected chi connectivity index (χ0v) is 21.1. The van der Waals surface area contributed by atoms with Gasteiger partial charge < -0.3 is 14.2 Å². The Morgan fingerprint density at radius 3 is 2.38 bits per heavy atom. The van der Waals surface area contributed by atoms with Gasteiger partial charge in [-0.05, 0) is 72.7 Å². The van der Waals surface area contributed by atoms with Crippen molar-refractivity contribution in [3.63, 3.8) is 0 Å². The lowest BCUT2D eigenvalue weighted by Gasteiger charge is -2.13. The van der Waals surface area contributed by atoms with Crippen LogP contribution >= 0.6 is 0 Å². The first-order chi connectivity index (χ1) is 17.8. The molecule has 1 N–H and O–H groups in total. The molecule has 0 aliphatic rings. The van der Waals surface area contributed by atoms with Crippen LogP contribution in [0.1, 0.15) is 18.1 Å². The van der Waals surface area contributed by atoms with Gasteiger partial charge in [-0.3, -0.25) is 4.79 Å². The zero-order chi connectivity index (χ0) is 26.4. The van der Waals surface area contributed by atoms with Gasteiger partial charge in [0.1, 0.15) is 16.5 Å². The molecule has 0 atom stereocenters. The maximum atomic E-state index is 12.8. The first-order valence-corrected chi connectivity index (χ1v) is 12.9. The summed E-state index contributed by atoms with van der Waals surface area (Å²) in [6.07, 6.45) is 1.40. The second-order valence-electron chi connectivity index (χ2n) is 8.18. The molecule has 0 aliphatic heterocycles. The Morgan fingerprint density at radius 2 is 1.68 bits per heavy atom. The summed E-state index contributed by atoms with van der Waals surface area (Å²) >= 11 is 0. The molecule has 4 rings (SSSR count). The van der Waals surface area contributed by atoms with Gasteiger partial charge in [-0.2, -0.15) is 13.7 Å². The highest BCUT2D eigenvalue weighted by molar-refractivity contribution is 7.87. The number of nitrogens with zero attached hydrogens (tertiary/aromatic N) is 1. The van der Waals surface area contributed by atoms with Gasteiger partial charge in [-0.15, -0.1) is 0 Å². The number of nitrogens with one attached hydrogen (secondary N) is 1. The fourth-order valence-electron chi connectivity index (χ4n) is 3.60. The highest BCUT2D eigenvalue weighted by atomic mass is 32.2. The van der Waals surface area contributed by atoms with Crippen LogP contribution in [-0.4, -0.2) is 20.9 Å². The summed E-state index contributed by atoms with van der Waals surface area (Å²) in [4.78, 5) is 12.8. The number of rotatable bonds is 8. The molecule has 186 valence electrons. The molecule has 7 nitrogen and oxygen atoms in total. The van der Waals surface area contributed by atoms with E-state index in [1.54, 1.807) is 31.2 Å². The Morgan fingerprint density at radius 1 is 0.946 bits per heavy atom. The van der Waals surface area contributed by atoms with E-state index in [0.29, 0.717) is 11.3 Å². The minimum absolute atomic E-state index is 0.00121. The Hall–Kier alpha value is -4.61. The van der Waals surface area contributed by atoms with Crippen LogP contribution in [0.15, 0.2) is 95.4 Å². The summed E-state index contributed by atoms with van der Waals surface area (Å²) in [5.74, 6) is -0.407. The molecule has 0 saturated heterocycles. The van der Waals surface area contributed by atoms with Crippen molar-refractivity contribution in [2.24, 2.45) is 0 Å². The van der Waals surface area contributed by atoms with Gasteiger partial charge in [-0.1, -0.05) is 54.1 Å². The molecular formula is C29H24N2O5S. The monoisotopic (exact) mass is 512 g/mol. The molecule has 0 bridgehead atoms. The molecule has 0 aliphatic carbocycles. The number of amides is 1. The lowest BCUT2D eigenvalue weighted by molar-refractivity contribution is -0.112. The van der Waals surface area contributed by atoms with Gasteiger partial charge in [0.25, 0.3) is 5.91 Å². The number of aryl methyl sites for hydroxylation is 1. The van der Waals surface area contributed by atoms with Gasteiger partial charge in [0, 0.05) is 5.69 Å².